The molecule has 1 aromatic heterocycles. The number of fused-ring (bicyclic) bond motifs is 2. The van der Waals surface area contributed by atoms with Gasteiger partial charge in [-0.3, -0.25) is 5.32 Å². The molecule has 8 heteroatoms. The summed E-state index contributed by atoms with van der Waals surface area (Å²) in [4.78, 5) is 14.2. The molecule has 2 amide bonds. The van der Waals surface area contributed by atoms with Crippen LogP contribution in [0, 0.1) is 11.3 Å². The van der Waals surface area contributed by atoms with Gasteiger partial charge in [-0.1, -0.05) is 11.6 Å². The van der Waals surface area contributed by atoms with Crippen molar-refractivity contribution >= 4 is 23.4 Å². The molecule has 2 aliphatic heterocycles. The first-order valence-electron chi connectivity index (χ1n) is 7.71. The molecule has 1 aromatic carbocycles. The zero-order valence-corrected chi connectivity index (χ0v) is 13.5. The summed E-state index contributed by atoms with van der Waals surface area (Å²) in [5.74, 6) is 0.469. The van der Waals surface area contributed by atoms with E-state index in [-0.39, 0.29) is 12.1 Å². The fourth-order valence-electron chi connectivity index (χ4n) is 3.28. The Kier molecular flexibility index (Phi) is 3.63. The van der Waals surface area contributed by atoms with Crippen LogP contribution in [0.15, 0.2) is 30.5 Å². The van der Waals surface area contributed by atoms with E-state index in [1.807, 2.05) is 11.0 Å². The van der Waals surface area contributed by atoms with Crippen molar-refractivity contribution in [2.75, 3.05) is 18.4 Å². The number of nitriles is 1. The molecule has 7 nitrogen and oxygen atoms in total. The number of urea groups is 1. The Bertz CT molecular complexity index is 841. The van der Waals surface area contributed by atoms with Crippen LogP contribution in [-0.4, -0.2) is 45.9 Å². The molecule has 2 saturated heterocycles. The van der Waals surface area contributed by atoms with Gasteiger partial charge in [0.1, 0.15) is 0 Å². The third kappa shape index (κ3) is 2.60. The highest BCUT2D eigenvalue weighted by Crippen LogP contribution is 2.25. The molecule has 2 aliphatic rings. The van der Waals surface area contributed by atoms with Gasteiger partial charge in [-0.15, -0.1) is 5.10 Å². The first-order valence-corrected chi connectivity index (χ1v) is 8.08. The lowest BCUT2D eigenvalue weighted by Gasteiger charge is -2.27. The maximum absolute atomic E-state index is 12.4. The SMILES string of the molecule is N#Cc1ccc(-n2ccc(NC(=O)N3C[C@@H]4C[C@H]3CN4)n2)c(Cl)c1. The van der Waals surface area contributed by atoms with Gasteiger partial charge in [0.15, 0.2) is 5.82 Å². The molecule has 0 unspecified atom stereocenters. The number of rotatable bonds is 2. The maximum atomic E-state index is 12.4. The minimum absolute atomic E-state index is 0.125. The number of nitrogens with one attached hydrogen (secondary N) is 2. The van der Waals surface area contributed by atoms with Gasteiger partial charge in [0.25, 0.3) is 0 Å². The highest BCUT2D eigenvalue weighted by Gasteiger charge is 2.40. The molecule has 2 fully saturated rings. The number of carbonyl (C=O) groups is 1. The summed E-state index contributed by atoms with van der Waals surface area (Å²) in [6.45, 7) is 1.59. The highest BCUT2D eigenvalue weighted by atomic mass is 35.5. The van der Waals surface area contributed by atoms with Crippen molar-refractivity contribution < 1.29 is 4.79 Å². The topological polar surface area (TPSA) is 86.0 Å². The molecule has 4 rings (SSSR count). The second-order valence-electron chi connectivity index (χ2n) is 6.00. The normalized spacial score (nSPS) is 21.8. The Morgan fingerprint density at radius 1 is 1.46 bits per heavy atom. The number of aromatic nitrogens is 2. The number of hydrogen-bond donors (Lipinski definition) is 2. The number of carbonyl (C=O) groups excluding carboxylic acids is 1. The maximum Gasteiger partial charge on any atom is 0.323 e. The lowest BCUT2D eigenvalue weighted by Crippen LogP contribution is -2.48. The Hall–Kier alpha value is -2.56. The molecule has 0 spiro atoms. The molecule has 122 valence electrons. The Balaban J connectivity index is 1.49. The summed E-state index contributed by atoms with van der Waals surface area (Å²) in [5, 5.41) is 19.9. The van der Waals surface area contributed by atoms with Crippen LogP contribution in [0.4, 0.5) is 10.6 Å². The van der Waals surface area contributed by atoms with Gasteiger partial charge in [-0.2, -0.15) is 5.26 Å². The van der Waals surface area contributed by atoms with Crippen LogP contribution < -0.4 is 10.6 Å². The van der Waals surface area contributed by atoms with Crippen molar-refractivity contribution in [3.8, 4) is 11.8 Å². The van der Waals surface area contributed by atoms with Crippen LogP contribution in [0.25, 0.3) is 5.69 Å². The van der Waals surface area contributed by atoms with Crippen molar-refractivity contribution in [1.82, 2.24) is 20.0 Å². The van der Waals surface area contributed by atoms with Gasteiger partial charge in [-0.25, -0.2) is 9.48 Å². The van der Waals surface area contributed by atoms with Crippen molar-refractivity contribution in [3.05, 3.63) is 41.0 Å². The zero-order chi connectivity index (χ0) is 16.7. The molecule has 2 bridgehead atoms. The summed E-state index contributed by atoms with van der Waals surface area (Å²) in [5.41, 5.74) is 1.14. The van der Waals surface area contributed by atoms with Crippen molar-refractivity contribution in [2.24, 2.45) is 0 Å². The minimum atomic E-state index is -0.125. The number of anilines is 1. The van der Waals surface area contributed by atoms with Crippen molar-refractivity contribution in [1.29, 1.82) is 5.26 Å². The van der Waals surface area contributed by atoms with Gasteiger partial charge in [0.05, 0.1) is 22.3 Å². The van der Waals surface area contributed by atoms with Gasteiger partial charge in [-0.05, 0) is 24.6 Å². The molecule has 0 aliphatic carbocycles. The second-order valence-corrected chi connectivity index (χ2v) is 6.41. The van der Waals surface area contributed by atoms with Gasteiger partial charge >= 0.3 is 6.03 Å². The van der Waals surface area contributed by atoms with Crippen LogP contribution in [0.1, 0.15) is 12.0 Å². The van der Waals surface area contributed by atoms with E-state index >= 15 is 0 Å². The molecule has 3 heterocycles. The lowest BCUT2D eigenvalue weighted by atomic mass is 10.2. The molecule has 2 N–H and O–H groups in total. The minimum Gasteiger partial charge on any atom is -0.319 e. The quantitative estimate of drug-likeness (QED) is 0.873. The average Bonchev–Trinajstić information content (AvgIpc) is 3.31. The lowest BCUT2D eigenvalue weighted by molar-refractivity contribution is 0.198. The van der Waals surface area contributed by atoms with E-state index in [2.05, 4.69) is 15.7 Å². The third-order valence-corrected chi connectivity index (χ3v) is 4.77. The molecule has 2 atom stereocenters. The van der Waals surface area contributed by atoms with Crippen molar-refractivity contribution in [3.63, 3.8) is 0 Å². The summed E-state index contributed by atoms with van der Waals surface area (Å²) >= 11 is 6.19. The van der Waals surface area contributed by atoms with Crippen LogP contribution in [0.3, 0.4) is 0 Å². The number of likely N-dealkylation sites (tertiary alicyclic amines) is 1. The smallest absolute Gasteiger partial charge is 0.319 e. The first kappa shape index (κ1) is 15.0. The van der Waals surface area contributed by atoms with Crippen LogP contribution >= 0.6 is 11.6 Å². The highest BCUT2D eigenvalue weighted by molar-refractivity contribution is 6.32. The van der Waals surface area contributed by atoms with E-state index in [0.717, 1.165) is 19.5 Å². The number of piperazine rings is 1. The summed E-state index contributed by atoms with van der Waals surface area (Å²) in [6, 6.07) is 9.31. The largest absolute Gasteiger partial charge is 0.323 e. The fraction of sp³-hybridized carbons (Fsp3) is 0.312. The van der Waals surface area contributed by atoms with Crippen LogP contribution in [0.5, 0.6) is 0 Å². The van der Waals surface area contributed by atoms with E-state index in [4.69, 9.17) is 16.9 Å². The second kappa shape index (κ2) is 5.82. The third-order valence-electron chi connectivity index (χ3n) is 4.47. The van der Waals surface area contributed by atoms with Gasteiger partial charge in [0, 0.05) is 37.4 Å². The summed E-state index contributed by atoms with van der Waals surface area (Å²) < 4.78 is 1.58. The van der Waals surface area contributed by atoms with E-state index < -0.39 is 0 Å². The molecule has 0 saturated carbocycles. The molecule has 24 heavy (non-hydrogen) atoms. The number of hydrogen-bond acceptors (Lipinski definition) is 4. The molecule has 0 radical (unpaired) electrons. The average molecular weight is 343 g/mol. The van der Waals surface area contributed by atoms with Crippen LogP contribution in [-0.2, 0) is 0 Å². The van der Waals surface area contributed by atoms with E-state index in [9.17, 15) is 4.79 Å². The summed E-state index contributed by atoms with van der Waals surface area (Å²) in [6.07, 6.45) is 2.74. The number of amides is 2. The van der Waals surface area contributed by atoms with E-state index in [0.29, 0.717) is 28.1 Å². The fourth-order valence-corrected chi connectivity index (χ4v) is 3.55. The number of nitrogens with zero attached hydrogens (tertiary/aromatic N) is 4. The zero-order valence-electron chi connectivity index (χ0n) is 12.7. The number of benzene rings is 1. The van der Waals surface area contributed by atoms with E-state index in [1.165, 1.54) is 0 Å². The standard InChI is InChI=1S/C16H15ClN6O/c17-13-5-10(7-18)1-2-14(13)23-4-3-15(21-23)20-16(24)22-9-11-6-12(22)8-19-11/h1-5,11-12,19H,6,8-9H2,(H,20,21,24)/t11-,12-/m0/s1. The predicted octanol–water partition coefficient (Wildman–Crippen LogP) is 1.98. The molecular formula is C16H15ClN6O. The summed E-state index contributed by atoms with van der Waals surface area (Å²) in [7, 11) is 0. The monoisotopic (exact) mass is 342 g/mol. The van der Waals surface area contributed by atoms with Gasteiger partial charge in [0.2, 0.25) is 0 Å². The Morgan fingerprint density at radius 2 is 2.33 bits per heavy atom. The molecular weight excluding hydrogens is 328 g/mol. The van der Waals surface area contributed by atoms with Gasteiger partial charge < -0.3 is 10.2 Å². The predicted molar refractivity (Wildman–Crippen MR) is 89.2 cm³/mol. The van der Waals surface area contributed by atoms with Crippen molar-refractivity contribution in [2.45, 2.75) is 18.5 Å². The Morgan fingerprint density at radius 3 is 3.00 bits per heavy atom. The molecule has 2 aromatic rings. The van der Waals surface area contributed by atoms with E-state index in [1.54, 1.807) is 35.1 Å². The Labute approximate surface area is 143 Å². The van der Waals surface area contributed by atoms with Crippen LogP contribution in [0.2, 0.25) is 5.02 Å². The number of halogens is 1. The first-order chi connectivity index (χ1) is 11.6.